The third-order valence-electron chi connectivity index (χ3n) is 2.27. The highest BCUT2D eigenvalue weighted by Crippen LogP contribution is 2.16. The van der Waals surface area contributed by atoms with Crippen LogP contribution in [0.1, 0.15) is 12.7 Å². The Labute approximate surface area is 98.4 Å². The second kappa shape index (κ2) is 5.86. The van der Waals surface area contributed by atoms with E-state index in [-0.39, 0.29) is 5.82 Å². The SMILES string of the molecule is Cc1ncc([N+](=O)[O-])n1CCSC(C)CN. The molecule has 90 valence electrons. The van der Waals surface area contributed by atoms with Crippen LogP contribution in [0.2, 0.25) is 0 Å². The van der Waals surface area contributed by atoms with Gasteiger partial charge in [0.05, 0.1) is 0 Å². The van der Waals surface area contributed by atoms with E-state index in [2.05, 4.69) is 4.98 Å². The molecule has 6 nitrogen and oxygen atoms in total. The molecule has 16 heavy (non-hydrogen) atoms. The quantitative estimate of drug-likeness (QED) is 0.599. The maximum atomic E-state index is 10.7. The highest BCUT2D eigenvalue weighted by molar-refractivity contribution is 7.99. The van der Waals surface area contributed by atoms with E-state index in [1.807, 2.05) is 6.92 Å². The first-order chi connectivity index (χ1) is 7.56. The van der Waals surface area contributed by atoms with Crippen molar-refractivity contribution in [2.45, 2.75) is 25.6 Å². The molecule has 1 aromatic heterocycles. The van der Waals surface area contributed by atoms with Crippen LogP contribution in [-0.2, 0) is 6.54 Å². The molecule has 0 aliphatic heterocycles. The number of hydrogen-bond acceptors (Lipinski definition) is 5. The number of aromatic nitrogens is 2. The molecule has 0 aliphatic carbocycles. The number of nitrogens with zero attached hydrogens (tertiary/aromatic N) is 3. The molecule has 0 aliphatic rings. The zero-order valence-electron chi connectivity index (χ0n) is 9.42. The summed E-state index contributed by atoms with van der Waals surface area (Å²) in [5.74, 6) is 1.53. The second-order valence-electron chi connectivity index (χ2n) is 3.49. The lowest BCUT2D eigenvalue weighted by molar-refractivity contribution is -0.392. The Morgan fingerprint density at radius 2 is 2.44 bits per heavy atom. The van der Waals surface area contributed by atoms with Crippen LogP contribution < -0.4 is 5.73 Å². The van der Waals surface area contributed by atoms with Crippen molar-refractivity contribution < 1.29 is 4.92 Å². The van der Waals surface area contributed by atoms with Crippen molar-refractivity contribution in [2.75, 3.05) is 12.3 Å². The first-order valence-corrected chi connectivity index (χ1v) is 6.09. The highest BCUT2D eigenvalue weighted by atomic mass is 32.2. The van der Waals surface area contributed by atoms with Gasteiger partial charge in [0, 0.05) is 24.5 Å². The Morgan fingerprint density at radius 3 is 3.00 bits per heavy atom. The van der Waals surface area contributed by atoms with Crippen molar-refractivity contribution in [3.05, 3.63) is 22.1 Å². The summed E-state index contributed by atoms with van der Waals surface area (Å²) in [6.07, 6.45) is 1.30. The largest absolute Gasteiger partial charge is 0.358 e. The van der Waals surface area contributed by atoms with Gasteiger partial charge in [0.2, 0.25) is 0 Å². The molecule has 1 rings (SSSR count). The van der Waals surface area contributed by atoms with Gasteiger partial charge in [0.15, 0.2) is 5.82 Å². The van der Waals surface area contributed by atoms with Gasteiger partial charge in [0.25, 0.3) is 0 Å². The molecule has 0 bridgehead atoms. The van der Waals surface area contributed by atoms with Crippen LogP contribution in [0.3, 0.4) is 0 Å². The van der Waals surface area contributed by atoms with Crippen molar-refractivity contribution in [1.82, 2.24) is 9.55 Å². The van der Waals surface area contributed by atoms with Gasteiger partial charge in [-0.05, 0) is 4.92 Å². The van der Waals surface area contributed by atoms with Gasteiger partial charge in [-0.15, -0.1) is 0 Å². The minimum atomic E-state index is -0.406. The Hall–Kier alpha value is -1.08. The summed E-state index contributed by atoms with van der Waals surface area (Å²) in [5.41, 5.74) is 5.49. The Kier molecular flexibility index (Phi) is 4.75. The number of imidazole rings is 1. The van der Waals surface area contributed by atoms with Crippen molar-refractivity contribution in [3.63, 3.8) is 0 Å². The maximum absolute atomic E-state index is 10.7. The van der Waals surface area contributed by atoms with E-state index in [1.165, 1.54) is 6.20 Å². The molecule has 7 heteroatoms. The summed E-state index contributed by atoms with van der Waals surface area (Å²) in [7, 11) is 0. The van der Waals surface area contributed by atoms with Crippen LogP contribution in [0.5, 0.6) is 0 Å². The van der Waals surface area contributed by atoms with Gasteiger partial charge in [-0.25, -0.2) is 9.55 Å². The van der Waals surface area contributed by atoms with Crippen molar-refractivity contribution >= 4 is 17.6 Å². The number of nitro groups is 1. The first-order valence-electron chi connectivity index (χ1n) is 5.04. The van der Waals surface area contributed by atoms with Crippen molar-refractivity contribution in [2.24, 2.45) is 5.73 Å². The standard InChI is InChI=1S/C9H16N4O2S/c1-7(5-10)16-4-3-12-8(2)11-6-9(12)13(14)15/h6-7H,3-5,10H2,1-2H3. The number of aryl methyl sites for hydroxylation is 1. The van der Waals surface area contributed by atoms with Gasteiger partial charge in [0.1, 0.15) is 12.7 Å². The molecule has 1 aromatic rings. The van der Waals surface area contributed by atoms with Crippen LogP contribution in [0.4, 0.5) is 5.82 Å². The number of thioether (sulfide) groups is 1. The number of nitrogens with two attached hydrogens (primary N) is 1. The lowest BCUT2D eigenvalue weighted by atomic mass is 10.5. The van der Waals surface area contributed by atoms with Crippen molar-refractivity contribution in [1.29, 1.82) is 0 Å². The normalized spacial score (nSPS) is 12.7. The number of rotatable bonds is 6. The smallest absolute Gasteiger partial charge is 0.342 e. The fourth-order valence-corrected chi connectivity index (χ4v) is 2.12. The van der Waals surface area contributed by atoms with Crippen LogP contribution in [0.15, 0.2) is 6.20 Å². The van der Waals surface area contributed by atoms with E-state index >= 15 is 0 Å². The average molecular weight is 244 g/mol. The van der Waals surface area contributed by atoms with Crippen molar-refractivity contribution in [3.8, 4) is 0 Å². The topological polar surface area (TPSA) is 87.0 Å². The highest BCUT2D eigenvalue weighted by Gasteiger charge is 2.16. The van der Waals surface area contributed by atoms with E-state index in [0.717, 1.165) is 5.75 Å². The first kappa shape index (κ1) is 13.0. The molecule has 0 fully saturated rings. The summed E-state index contributed by atoms with van der Waals surface area (Å²) in [4.78, 5) is 14.2. The van der Waals surface area contributed by atoms with Gasteiger partial charge < -0.3 is 15.8 Å². The minimum Gasteiger partial charge on any atom is -0.358 e. The predicted octanol–water partition coefficient (Wildman–Crippen LogP) is 1.18. The summed E-state index contributed by atoms with van der Waals surface area (Å²) in [6.45, 7) is 5.02. The fraction of sp³-hybridized carbons (Fsp3) is 0.667. The summed E-state index contributed by atoms with van der Waals surface area (Å²) in [6, 6.07) is 0. The van der Waals surface area contributed by atoms with E-state index in [0.29, 0.717) is 24.2 Å². The molecule has 1 heterocycles. The molecule has 0 aromatic carbocycles. The summed E-state index contributed by atoms with van der Waals surface area (Å²) in [5, 5.41) is 11.1. The zero-order valence-corrected chi connectivity index (χ0v) is 10.2. The van der Waals surface area contributed by atoms with Crippen LogP contribution in [0, 0.1) is 17.0 Å². The monoisotopic (exact) mass is 244 g/mol. The summed E-state index contributed by atoms with van der Waals surface area (Å²) >= 11 is 1.71. The van der Waals surface area contributed by atoms with Gasteiger partial charge >= 0.3 is 5.82 Å². The lowest BCUT2D eigenvalue weighted by Gasteiger charge is -2.07. The van der Waals surface area contributed by atoms with E-state index in [1.54, 1.807) is 23.3 Å². The molecular formula is C9H16N4O2S. The van der Waals surface area contributed by atoms with E-state index in [4.69, 9.17) is 5.73 Å². The molecule has 2 N–H and O–H groups in total. The van der Waals surface area contributed by atoms with Gasteiger partial charge in [-0.1, -0.05) is 6.92 Å². The average Bonchev–Trinajstić information content (AvgIpc) is 2.60. The zero-order chi connectivity index (χ0) is 12.1. The second-order valence-corrected chi connectivity index (χ2v) is 5.04. The predicted molar refractivity (Wildman–Crippen MR) is 64.6 cm³/mol. The number of hydrogen-bond donors (Lipinski definition) is 1. The third-order valence-corrected chi connectivity index (χ3v) is 3.45. The Balaban J connectivity index is 2.59. The minimum absolute atomic E-state index is 0.0542. The third kappa shape index (κ3) is 3.21. The molecule has 0 radical (unpaired) electrons. The van der Waals surface area contributed by atoms with E-state index in [9.17, 15) is 10.1 Å². The van der Waals surface area contributed by atoms with Gasteiger partial charge in [-0.3, -0.25) is 0 Å². The van der Waals surface area contributed by atoms with Crippen LogP contribution in [0.25, 0.3) is 0 Å². The molecule has 0 spiro atoms. The van der Waals surface area contributed by atoms with Gasteiger partial charge in [-0.2, -0.15) is 11.8 Å². The molecular weight excluding hydrogens is 228 g/mol. The molecule has 0 saturated heterocycles. The Bertz CT molecular complexity index is 366. The fourth-order valence-electron chi connectivity index (χ4n) is 1.29. The lowest BCUT2D eigenvalue weighted by Crippen LogP contribution is -2.15. The molecule has 0 saturated carbocycles. The molecule has 1 unspecified atom stereocenters. The van der Waals surface area contributed by atoms with Crippen LogP contribution in [-0.4, -0.2) is 32.0 Å². The van der Waals surface area contributed by atoms with Crippen LogP contribution >= 0.6 is 11.8 Å². The maximum Gasteiger partial charge on any atom is 0.342 e. The molecule has 0 amide bonds. The molecule has 1 atom stereocenters. The Morgan fingerprint density at radius 1 is 1.75 bits per heavy atom. The summed E-state index contributed by atoms with van der Waals surface area (Å²) < 4.78 is 1.62. The van der Waals surface area contributed by atoms with E-state index < -0.39 is 4.92 Å².